The van der Waals surface area contributed by atoms with Crippen molar-refractivity contribution in [3.05, 3.63) is 56.1 Å². The fourth-order valence-corrected chi connectivity index (χ4v) is 3.33. The molecule has 1 aliphatic rings. The minimum atomic E-state index is 0.799. The van der Waals surface area contributed by atoms with Gasteiger partial charge in [-0.05, 0) is 58.0 Å². The van der Waals surface area contributed by atoms with Gasteiger partial charge in [0.05, 0.1) is 10.7 Å². The Kier molecular flexibility index (Phi) is 3.11. The normalized spacial score (nSPS) is 13.8. The highest BCUT2D eigenvalue weighted by Crippen LogP contribution is 2.35. The number of nitrogens with zero attached hydrogens (tertiary/aromatic N) is 1. The van der Waals surface area contributed by atoms with Gasteiger partial charge in [0, 0.05) is 22.3 Å². The van der Waals surface area contributed by atoms with Gasteiger partial charge in [-0.3, -0.25) is 0 Å². The van der Waals surface area contributed by atoms with E-state index in [1.807, 2.05) is 18.2 Å². The van der Waals surface area contributed by atoms with E-state index in [1.54, 1.807) is 0 Å². The summed E-state index contributed by atoms with van der Waals surface area (Å²) in [6.45, 7) is 1.71. The van der Waals surface area contributed by atoms with Crippen LogP contribution in [0.1, 0.15) is 11.1 Å². The summed E-state index contributed by atoms with van der Waals surface area (Å²) in [5.74, 6) is 0. The summed E-state index contributed by atoms with van der Waals surface area (Å²) in [4.78, 5) is 2.26. The van der Waals surface area contributed by atoms with Gasteiger partial charge >= 0.3 is 0 Å². The van der Waals surface area contributed by atoms with Gasteiger partial charge in [-0.2, -0.15) is 0 Å². The van der Waals surface area contributed by atoms with Crippen LogP contribution in [-0.4, -0.2) is 0 Å². The van der Waals surface area contributed by atoms with E-state index in [4.69, 9.17) is 17.3 Å². The lowest BCUT2D eigenvalue weighted by Gasteiger charge is -2.19. The summed E-state index contributed by atoms with van der Waals surface area (Å²) in [5.41, 5.74) is 10.5. The molecule has 0 radical (unpaired) electrons. The predicted molar refractivity (Wildman–Crippen MR) is 84.9 cm³/mol. The molecule has 1 aliphatic heterocycles. The van der Waals surface area contributed by atoms with E-state index in [0.29, 0.717) is 0 Å². The summed E-state index contributed by atoms with van der Waals surface area (Å²) < 4.78 is 1.15. The Balaban J connectivity index is 1.96. The van der Waals surface area contributed by atoms with Crippen LogP contribution < -0.4 is 10.6 Å². The SMILES string of the molecule is Nc1cccc2c1CN(c1ccc(I)cc1Cl)C2. The predicted octanol–water partition coefficient (Wildman–Crippen LogP) is 4.05. The third-order valence-electron chi connectivity index (χ3n) is 3.27. The van der Waals surface area contributed by atoms with Crippen molar-refractivity contribution in [2.45, 2.75) is 13.1 Å². The number of rotatable bonds is 1. The van der Waals surface area contributed by atoms with Gasteiger partial charge in [-0.15, -0.1) is 0 Å². The topological polar surface area (TPSA) is 29.3 Å². The second-order valence-electron chi connectivity index (χ2n) is 4.44. The molecule has 2 N–H and O–H groups in total. The number of hydrogen-bond donors (Lipinski definition) is 1. The molecular formula is C14H12ClIN2. The summed E-state index contributed by atoms with van der Waals surface area (Å²) in [5, 5.41) is 0.799. The second-order valence-corrected chi connectivity index (χ2v) is 6.09. The number of anilines is 2. The Morgan fingerprint density at radius 3 is 2.72 bits per heavy atom. The summed E-state index contributed by atoms with van der Waals surface area (Å²) in [6.07, 6.45) is 0. The van der Waals surface area contributed by atoms with Crippen LogP contribution in [0.25, 0.3) is 0 Å². The van der Waals surface area contributed by atoms with Crippen molar-refractivity contribution in [3.8, 4) is 0 Å². The largest absolute Gasteiger partial charge is 0.398 e. The van der Waals surface area contributed by atoms with Gasteiger partial charge in [0.2, 0.25) is 0 Å². The van der Waals surface area contributed by atoms with Crippen molar-refractivity contribution in [1.82, 2.24) is 0 Å². The lowest BCUT2D eigenvalue weighted by atomic mass is 10.1. The first-order valence-electron chi connectivity index (χ1n) is 5.71. The fraction of sp³-hybridized carbons (Fsp3) is 0.143. The molecule has 0 amide bonds. The van der Waals surface area contributed by atoms with E-state index >= 15 is 0 Å². The fourth-order valence-electron chi connectivity index (χ4n) is 2.36. The Morgan fingerprint density at radius 2 is 2.00 bits per heavy atom. The second kappa shape index (κ2) is 4.63. The van der Waals surface area contributed by atoms with Crippen LogP contribution in [-0.2, 0) is 13.1 Å². The first kappa shape index (κ1) is 12.1. The average Bonchev–Trinajstić information content (AvgIpc) is 2.74. The van der Waals surface area contributed by atoms with Crippen molar-refractivity contribution < 1.29 is 0 Å². The van der Waals surface area contributed by atoms with Gasteiger partial charge in [0.25, 0.3) is 0 Å². The van der Waals surface area contributed by atoms with Gasteiger partial charge in [0.15, 0.2) is 0 Å². The molecular weight excluding hydrogens is 359 g/mol. The minimum Gasteiger partial charge on any atom is -0.398 e. The van der Waals surface area contributed by atoms with E-state index in [1.165, 1.54) is 11.1 Å². The van der Waals surface area contributed by atoms with E-state index in [-0.39, 0.29) is 0 Å². The molecule has 18 heavy (non-hydrogen) atoms. The smallest absolute Gasteiger partial charge is 0.0650 e. The van der Waals surface area contributed by atoms with Crippen LogP contribution in [0.4, 0.5) is 11.4 Å². The Hall–Kier alpha value is -0.940. The number of halogens is 2. The zero-order valence-electron chi connectivity index (χ0n) is 9.66. The van der Waals surface area contributed by atoms with E-state index in [2.05, 4.69) is 45.7 Å². The number of nitrogen functional groups attached to an aromatic ring is 1. The van der Waals surface area contributed by atoms with Crippen molar-refractivity contribution in [2.75, 3.05) is 10.6 Å². The van der Waals surface area contributed by atoms with Crippen LogP contribution in [0.3, 0.4) is 0 Å². The molecule has 0 bridgehead atoms. The van der Waals surface area contributed by atoms with Crippen molar-refractivity contribution in [2.24, 2.45) is 0 Å². The lowest BCUT2D eigenvalue weighted by Crippen LogP contribution is -2.15. The summed E-state index contributed by atoms with van der Waals surface area (Å²) in [7, 11) is 0. The third kappa shape index (κ3) is 2.06. The van der Waals surface area contributed by atoms with Crippen LogP contribution in [0, 0.1) is 3.57 Å². The number of fused-ring (bicyclic) bond motifs is 1. The van der Waals surface area contributed by atoms with Gasteiger partial charge in [-0.1, -0.05) is 23.7 Å². The van der Waals surface area contributed by atoms with Gasteiger partial charge < -0.3 is 10.6 Å². The molecule has 0 saturated heterocycles. The van der Waals surface area contributed by atoms with Crippen LogP contribution in [0.15, 0.2) is 36.4 Å². The molecule has 0 aromatic heterocycles. The van der Waals surface area contributed by atoms with Crippen LogP contribution in [0.5, 0.6) is 0 Å². The van der Waals surface area contributed by atoms with Crippen molar-refractivity contribution in [1.29, 1.82) is 0 Å². The monoisotopic (exact) mass is 370 g/mol. The number of benzene rings is 2. The van der Waals surface area contributed by atoms with Crippen molar-refractivity contribution >= 4 is 45.6 Å². The summed E-state index contributed by atoms with van der Waals surface area (Å²) in [6, 6.07) is 12.2. The van der Waals surface area contributed by atoms with E-state index in [0.717, 1.165) is 33.1 Å². The molecule has 0 aliphatic carbocycles. The molecule has 0 atom stereocenters. The Morgan fingerprint density at radius 1 is 1.17 bits per heavy atom. The van der Waals surface area contributed by atoms with Crippen LogP contribution in [0.2, 0.25) is 5.02 Å². The molecule has 0 spiro atoms. The first-order chi connectivity index (χ1) is 8.65. The van der Waals surface area contributed by atoms with E-state index in [9.17, 15) is 0 Å². The molecule has 0 fully saturated rings. The van der Waals surface area contributed by atoms with E-state index < -0.39 is 0 Å². The molecule has 3 rings (SSSR count). The highest BCUT2D eigenvalue weighted by Gasteiger charge is 2.22. The Bertz CT molecular complexity index is 613. The lowest BCUT2D eigenvalue weighted by molar-refractivity contribution is 0.881. The maximum Gasteiger partial charge on any atom is 0.0650 e. The molecule has 1 heterocycles. The molecule has 92 valence electrons. The van der Waals surface area contributed by atoms with Gasteiger partial charge in [0.1, 0.15) is 0 Å². The third-order valence-corrected chi connectivity index (χ3v) is 4.24. The minimum absolute atomic E-state index is 0.799. The number of nitrogens with two attached hydrogens (primary N) is 1. The standard InChI is InChI=1S/C14H12ClIN2/c15-12-6-10(16)4-5-14(12)18-7-9-2-1-3-13(17)11(9)8-18/h1-6H,7-8,17H2. The maximum absolute atomic E-state index is 6.31. The highest BCUT2D eigenvalue weighted by molar-refractivity contribution is 14.1. The highest BCUT2D eigenvalue weighted by atomic mass is 127. The van der Waals surface area contributed by atoms with Crippen molar-refractivity contribution in [3.63, 3.8) is 0 Å². The van der Waals surface area contributed by atoms with Crippen LogP contribution >= 0.6 is 34.2 Å². The first-order valence-corrected chi connectivity index (χ1v) is 7.17. The zero-order chi connectivity index (χ0) is 12.7. The molecule has 2 nitrogen and oxygen atoms in total. The maximum atomic E-state index is 6.31. The Labute approximate surface area is 125 Å². The molecule has 0 unspecified atom stereocenters. The zero-order valence-corrected chi connectivity index (χ0v) is 12.6. The molecule has 0 saturated carbocycles. The van der Waals surface area contributed by atoms with Gasteiger partial charge in [-0.25, -0.2) is 0 Å². The molecule has 4 heteroatoms. The quantitative estimate of drug-likeness (QED) is 0.606. The average molecular weight is 371 g/mol. The molecule has 2 aromatic rings. The summed E-state index contributed by atoms with van der Waals surface area (Å²) >= 11 is 8.58. The number of hydrogen-bond acceptors (Lipinski definition) is 2. The molecule has 2 aromatic carbocycles.